The SMILES string of the molecule is C[C@H]1CNCCN1Cc1cccc(-c2ccnc(NCCC3=CCCS3)n2)c1. The van der Waals surface area contributed by atoms with Crippen molar-refractivity contribution in [2.24, 2.45) is 0 Å². The van der Waals surface area contributed by atoms with E-state index in [9.17, 15) is 0 Å². The van der Waals surface area contributed by atoms with Crippen LogP contribution in [0, 0.1) is 0 Å². The van der Waals surface area contributed by atoms with Crippen molar-refractivity contribution in [3.05, 3.63) is 53.1 Å². The fourth-order valence-corrected chi connectivity index (χ4v) is 4.71. The Balaban J connectivity index is 1.40. The Morgan fingerprint density at radius 3 is 3.14 bits per heavy atom. The Kier molecular flexibility index (Phi) is 6.62. The van der Waals surface area contributed by atoms with E-state index in [0.717, 1.165) is 50.4 Å². The number of hydrogen-bond donors (Lipinski definition) is 2. The Morgan fingerprint density at radius 1 is 1.32 bits per heavy atom. The van der Waals surface area contributed by atoms with E-state index < -0.39 is 0 Å². The molecule has 0 spiro atoms. The third kappa shape index (κ3) is 5.13. The maximum absolute atomic E-state index is 4.74. The van der Waals surface area contributed by atoms with E-state index >= 15 is 0 Å². The summed E-state index contributed by atoms with van der Waals surface area (Å²) in [6.45, 7) is 7.39. The summed E-state index contributed by atoms with van der Waals surface area (Å²) in [5, 5.41) is 6.83. The number of nitrogens with zero attached hydrogens (tertiary/aromatic N) is 3. The van der Waals surface area contributed by atoms with Crippen molar-refractivity contribution in [2.45, 2.75) is 32.4 Å². The smallest absolute Gasteiger partial charge is 0.223 e. The molecule has 0 bridgehead atoms. The lowest BCUT2D eigenvalue weighted by Crippen LogP contribution is -2.49. The molecule has 0 radical (unpaired) electrons. The standard InChI is InChI=1S/C22H29N5S/c1-17-15-23-11-12-27(17)16-18-4-2-5-19(14-18)21-8-10-25-22(26-21)24-9-7-20-6-3-13-28-20/h2,4-6,8,10,14,17,23H,3,7,9,11-13,15-16H2,1H3,(H,24,25,26)/t17-/m0/s1. The van der Waals surface area contributed by atoms with Gasteiger partial charge in [-0.2, -0.15) is 0 Å². The van der Waals surface area contributed by atoms with E-state index in [-0.39, 0.29) is 0 Å². The van der Waals surface area contributed by atoms with Crippen molar-refractivity contribution >= 4 is 17.7 Å². The van der Waals surface area contributed by atoms with Gasteiger partial charge in [0, 0.05) is 56.3 Å². The number of rotatable bonds is 7. The maximum atomic E-state index is 4.74. The van der Waals surface area contributed by atoms with Crippen molar-refractivity contribution in [1.29, 1.82) is 0 Å². The van der Waals surface area contributed by atoms with Crippen LogP contribution in [-0.2, 0) is 6.54 Å². The number of anilines is 1. The van der Waals surface area contributed by atoms with Gasteiger partial charge in [0.1, 0.15) is 0 Å². The highest BCUT2D eigenvalue weighted by atomic mass is 32.2. The normalized spacial score (nSPS) is 20.2. The summed E-state index contributed by atoms with van der Waals surface area (Å²) in [6, 6.07) is 11.3. The number of thioether (sulfide) groups is 1. The zero-order valence-electron chi connectivity index (χ0n) is 16.5. The number of aromatic nitrogens is 2. The van der Waals surface area contributed by atoms with Crippen molar-refractivity contribution in [3.8, 4) is 11.3 Å². The van der Waals surface area contributed by atoms with Gasteiger partial charge in [-0.25, -0.2) is 9.97 Å². The van der Waals surface area contributed by atoms with Crippen LogP contribution in [0.1, 0.15) is 25.3 Å². The molecule has 1 aromatic carbocycles. The van der Waals surface area contributed by atoms with Crippen LogP contribution in [-0.4, -0.2) is 52.8 Å². The molecule has 0 saturated carbocycles. The van der Waals surface area contributed by atoms with E-state index in [1.807, 2.05) is 24.0 Å². The highest BCUT2D eigenvalue weighted by molar-refractivity contribution is 8.03. The first-order chi connectivity index (χ1) is 13.8. The molecule has 2 aliphatic heterocycles. The molecule has 148 valence electrons. The molecule has 1 fully saturated rings. The number of allylic oxidation sites excluding steroid dienone is 1. The summed E-state index contributed by atoms with van der Waals surface area (Å²) in [5.41, 5.74) is 3.46. The van der Waals surface area contributed by atoms with Gasteiger partial charge in [-0.1, -0.05) is 24.3 Å². The highest BCUT2D eigenvalue weighted by Gasteiger charge is 2.18. The molecule has 0 aliphatic carbocycles. The Hall–Kier alpha value is -1.89. The summed E-state index contributed by atoms with van der Waals surface area (Å²) in [6.07, 6.45) is 6.44. The lowest BCUT2D eigenvalue weighted by Gasteiger charge is -2.33. The quantitative estimate of drug-likeness (QED) is 0.744. The second kappa shape index (κ2) is 9.54. The predicted molar refractivity (Wildman–Crippen MR) is 118 cm³/mol. The molecule has 1 atom stereocenters. The van der Waals surface area contributed by atoms with Gasteiger partial charge in [0.25, 0.3) is 0 Å². The van der Waals surface area contributed by atoms with Crippen LogP contribution in [0.15, 0.2) is 47.5 Å². The van der Waals surface area contributed by atoms with E-state index in [1.165, 1.54) is 22.6 Å². The van der Waals surface area contributed by atoms with E-state index in [1.54, 1.807) is 0 Å². The highest BCUT2D eigenvalue weighted by Crippen LogP contribution is 2.27. The van der Waals surface area contributed by atoms with E-state index in [4.69, 9.17) is 4.98 Å². The van der Waals surface area contributed by atoms with Gasteiger partial charge in [-0.05, 0) is 42.4 Å². The van der Waals surface area contributed by atoms with Crippen LogP contribution in [0.5, 0.6) is 0 Å². The minimum Gasteiger partial charge on any atom is -0.354 e. The average molecular weight is 396 g/mol. The minimum atomic E-state index is 0.570. The average Bonchev–Trinajstić information content (AvgIpc) is 3.24. The first-order valence-corrected chi connectivity index (χ1v) is 11.2. The number of hydrogen-bond acceptors (Lipinski definition) is 6. The monoisotopic (exact) mass is 395 g/mol. The summed E-state index contributed by atoms with van der Waals surface area (Å²) < 4.78 is 0. The predicted octanol–water partition coefficient (Wildman–Crippen LogP) is 3.76. The van der Waals surface area contributed by atoms with Crippen LogP contribution >= 0.6 is 11.8 Å². The molecular weight excluding hydrogens is 366 g/mol. The molecule has 0 amide bonds. The molecule has 2 aliphatic rings. The fraction of sp³-hybridized carbons (Fsp3) is 0.455. The number of piperazine rings is 1. The third-order valence-corrected chi connectivity index (χ3v) is 6.52. The molecule has 3 heterocycles. The fourth-order valence-electron chi connectivity index (χ4n) is 3.73. The van der Waals surface area contributed by atoms with Gasteiger partial charge >= 0.3 is 0 Å². The molecule has 5 nitrogen and oxygen atoms in total. The summed E-state index contributed by atoms with van der Waals surface area (Å²) in [5.74, 6) is 1.94. The molecule has 1 aromatic heterocycles. The lowest BCUT2D eigenvalue weighted by atomic mass is 10.1. The zero-order chi connectivity index (χ0) is 19.2. The molecule has 2 aromatic rings. The third-order valence-electron chi connectivity index (χ3n) is 5.33. The zero-order valence-corrected chi connectivity index (χ0v) is 17.3. The van der Waals surface area contributed by atoms with Crippen molar-refractivity contribution in [2.75, 3.05) is 37.2 Å². The van der Waals surface area contributed by atoms with Crippen molar-refractivity contribution in [3.63, 3.8) is 0 Å². The molecule has 6 heteroatoms. The molecule has 28 heavy (non-hydrogen) atoms. The second-order valence-electron chi connectivity index (χ2n) is 7.47. The molecule has 1 saturated heterocycles. The Bertz CT molecular complexity index is 822. The molecular formula is C22H29N5S. The molecule has 2 N–H and O–H groups in total. The van der Waals surface area contributed by atoms with Gasteiger partial charge in [-0.3, -0.25) is 4.90 Å². The largest absolute Gasteiger partial charge is 0.354 e. The maximum Gasteiger partial charge on any atom is 0.223 e. The number of nitrogens with one attached hydrogen (secondary N) is 2. The first-order valence-electron chi connectivity index (χ1n) is 10.2. The topological polar surface area (TPSA) is 53.1 Å². The van der Waals surface area contributed by atoms with Crippen LogP contribution in [0.25, 0.3) is 11.3 Å². The summed E-state index contributed by atoms with van der Waals surface area (Å²) >= 11 is 1.97. The van der Waals surface area contributed by atoms with E-state index in [0.29, 0.717) is 12.0 Å². The van der Waals surface area contributed by atoms with Gasteiger partial charge in [-0.15, -0.1) is 11.8 Å². The van der Waals surface area contributed by atoms with Gasteiger partial charge in [0.2, 0.25) is 5.95 Å². The van der Waals surface area contributed by atoms with Gasteiger partial charge < -0.3 is 10.6 Å². The van der Waals surface area contributed by atoms with Crippen LogP contribution in [0.2, 0.25) is 0 Å². The second-order valence-corrected chi connectivity index (χ2v) is 8.70. The number of benzene rings is 1. The van der Waals surface area contributed by atoms with Gasteiger partial charge in [0.05, 0.1) is 5.69 Å². The van der Waals surface area contributed by atoms with Gasteiger partial charge in [0.15, 0.2) is 0 Å². The summed E-state index contributed by atoms with van der Waals surface area (Å²) in [7, 11) is 0. The molecule has 4 rings (SSSR count). The summed E-state index contributed by atoms with van der Waals surface area (Å²) in [4.78, 5) is 13.2. The van der Waals surface area contributed by atoms with E-state index in [2.05, 4.69) is 57.8 Å². The Labute approximate surface area is 172 Å². The molecule has 0 unspecified atom stereocenters. The Morgan fingerprint density at radius 2 is 2.29 bits per heavy atom. The lowest BCUT2D eigenvalue weighted by molar-refractivity contribution is 0.165. The van der Waals surface area contributed by atoms with Crippen LogP contribution in [0.4, 0.5) is 5.95 Å². The van der Waals surface area contributed by atoms with Crippen molar-refractivity contribution < 1.29 is 0 Å². The minimum absolute atomic E-state index is 0.570. The van der Waals surface area contributed by atoms with Crippen molar-refractivity contribution in [1.82, 2.24) is 20.2 Å². The van der Waals surface area contributed by atoms with Crippen LogP contribution in [0.3, 0.4) is 0 Å². The van der Waals surface area contributed by atoms with Crippen LogP contribution < -0.4 is 10.6 Å². The first kappa shape index (κ1) is 19.4.